The zero-order chi connectivity index (χ0) is 17.3. The van der Waals surface area contributed by atoms with Crippen molar-refractivity contribution in [3.05, 3.63) is 35.9 Å². The molecule has 0 bridgehead atoms. The van der Waals surface area contributed by atoms with E-state index in [0.717, 1.165) is 50.6 Å². The van der Waals surface area contributed by atoms with Crippen molar-refractivity contribution in [2.45, 2.75) is 32.1 Å². The summed E-state index contributed by atoms with van der Waals surface area (Å²) in [7, 11) is 0. The molecule has 0 aromatic heterocycles. The van der Waals surface area contributed by atoms with Gasteiger partial charge < -0.3 is 20.3 Å². The number of amides is 1. The molecule has 2 aliphatic rings. The maximum atomic E-state index is 12.3. The number of carbonyl (C=O) groups excluding carboxylic acids is 1. The fourth-order valence-corrected chi connectivity index (χ4v) is 3.44. The Bertz CT molecular complexity index is 594. The Morgan fingerprint density at radius 3 is 2.80 bits per heavy atom. The number of para-hydroxylation sites is 2. The Labute approximate surface area is 150 Å². The first-order valence-electron chi connectivity index (χ1n) is 9.43. The van der Waals surface area contributed by atoms with Crippen LogP contribution >= 0.6 is 0 Å². The Balaban J connectivity index is 1.45. The van der Waals surface area contributed by atoms with Crippen molar-refractivity contribution in [2.75, 3.05) is 49.6 Å². The minimum absolute atomic E-state index is 0.0123. The van der Waals surface area contributed by atoms with Crippen LogP contribution in [0.1, 0.15) is 32.1 Å². The molecule has 0 unspecified atom stereocenters. The second-order valence-corrected chi connectivity index (χ2v) is 6.70. The third-order valence-corrected chi connectivity index (χ3v) is 4.82. The van der Waals surface area contributed by atoms with Gasteiger partial charge in [0.25, 0.3) is 0 Å². The van der Waals surface area contributed by atoms with Crippen LogP contribution in [-0.2, 0) is 9.53 Å². The molecule has 1 aromatic rings. The molecule has 0 spiro atoms. The molecule has 1 aromatic carbocycles. The molecular formula is C20H29N3O2. The van der Waals surface area contributed by atoms with Gasteiger partial charge in [0.05, 0.1) is 31.1 Å². The standard InChI is InChI=1S/C20H29N3O2/c24-20(16-21-11-10-17-6-2-1-3-7-17)22-18-8-4-5-9-19(18)23-12-14-25-15-13-23/h4-6,8-9,21H,1-3,7,10-16H2,(H,22,24). The summed E-state index contributed by atoms with van der Waals surface area (Å²) in [4.78, 5) is 14.5. The van der Waals surface area contributed by atoms with Gasteiger partial charge in [-0.3, -0.25) is 4.79 Å². The average molecular weight is 343 g/mol. The van der Waals surface area contributed by atoms with Gasteiger partial charge in [0.2, 0.25) is 5.91 Å². The molecule has 1 amide bonds. The highest BCUT2D eigenvalue weighted by atomic mass is 16.5. The first kappa shape index (κ1) is 18.0. The Morgan fingerprint density at radius 2 is 2.00 bits per heavy atom. The van der Waals surface area contributed by atoms with Crippen LogP contribution in [0.4, 0.5) is 11.4 Å². The second-order valence-electron chi connectivity index (χ2n) is 6.70. The summed E-state index contributed by atoms with van der Waals surface area (Å²) < 4.78 is 5.41. The normalized spacial score (nSPS) is 17.9. The summed E-state index contributed by atoms with van der Waals surface area (Å²) >= 11 is 0. The zero-order valence-electron chi connectivity index (χ0n) is 14.9. The van der Waals surface area contributed by atoms with Crippen molar-refractivity contribution in [1.82, 2.24) is 5.32 Å². The predicted molar refractivity (Wildman–Crippen MR) is 102 cm³/mol. The third-order valence-electron chi connectivity index (χ3n) is 4.82. The number of ether oxygens (including phenoxy) is 1. The van der Waals surface area contributed by atoms with E-state index in [-0.39, 0.29) is 5.91 Å². The molecule has 1 aliphatic heterocycles. The number of carbonyl (C=O) groups is 1. The van der Waals surface area contributed by atoms with Crippen LogP contribution in [0.5, 0.6) is 0 Å². The molecule has 1 heterocycles. The van der Waals surface area contributed by atoms with Gasteiger partial charge in [-0.2, -0.15) is 0 Å². The Morgan fingerprint density at radius 1 is 1.16 bits per heavy atom. The summed E-state index contributed by atoms with van der Waals surface area (Å²) in [5, 5.41) is 6.31. The van der Waals surface area contributed by atoms with Gasteiger partial charge in [-0.05, 0) is 50.8 Å². The number of anilines is 2. The SMILES string of the molecule is O=C(CNCCC1=CCCCC1)Nc1ccccc1N1CCOCC1. The number of hydrogen-bond acceptors (Lipinski definition) is 4. The maximum Gasteiger partial charge on any atom is 0.238 e. The first-order valence-corrected chi connectivity index (χ1v) is 9.43. The number of hydrogen-bond donors (Lipinski definition) is 2. The monoisotopic (exact) mass is 343 g/mol. The van der Waals surface area contributed by atoms with Crippen molar-refractivity contribution in [2.24, 2.45) is 0 Å². The smallest absolute Gasteiger partial charge is 0.238 e. The topological polar surface area (TPSA) is 53.6 Å². The van der Waals surface area contributed by atoms with Crippen molar-refractivity contribution in [1.29, 1.82) is 0 Å². The van der Waals surface area contributed by atoms with E-state index >= 15 is 0 Å². The number of nitrogens with one attached hydrogen (secondary N) is 2. The lowest BCUT2D eigenvalue weighted by molar-refractivity contribution is -0.115. The van der Waals surface area contributed by atoms with Crippen molar-refractivity contribution >= 4 is 17.3 Å². The highest BCUT2D eigenvalue weighted by molar-refractivity contribution is 5.95. The van der Waals surface area contributed by atoms with Crippen LogP contribution in [0.2, 0.25) is 0 Å². The number of morpholine rings is 1. The lowest BCUT2D eigenvalue weighted by Gasteiger charge is -2.30. The van der Waals surface area contributed by atoms with Crippen molar-refractivity contribution < 1.29 is 9.53 Å². The lowest BCUT2D eigenvalue weighted by Crippen LogP contribution is -2.37. The summed E-state index contributed by atoms with van der Waals surface area (Å²) in [6.45, 7) is 4.41. The largest absolute Gasteiger partial charge is 0.378 e. The van der Waals surface area contributed by atoms with Crippen LogP contribution in [0.3, 0.4) is 0 Å². The quantitative estimate of drug-likeness (QED) is 0.590. The molecule has 5 nitrogen and oxygen atoms in total. The Hall–Kier alpha value is -1.85. The van der Waals surface area contributed by atoms with Gasteiger partial charge >= 0.3 is 0 Å². The van der Waals surface area contributed by atoms with E-state index in [1.807, 2.05) is 18.2 Å². The number of benzene rings is 1. The van der Waals surface area contributed by atoms with E-state index in [9.17, 15) is 4.79 Å². The summed E-state index contributed by atoms with van der Waals surface area (Å²) in [6.07, 6.45) is 8.49. The number of nitrogens with zero attached hydrogens (tertiary/aromatic N) is 1. The molecule has 0 atom stereocenters. The van der Waals surface area contributed by atoms with Crippen LogP contribution < -0.4 is 15.5 Å². The van der Waals surface area contributed by atoms with E-state index < -0.39 is 0 Å². The van der Waals surface area contributed by atoms with E-state index in [1.165, 1.54) is 31.3 Å². The van der Waals surface area contributed by atoms with Crippen molar-refractivity contribution in [3.8, 4) is 0 Å². The molecule has 3 rings (SSSR count). The van der Waals surface area contributed by atoms with E-state index in [1.54, 1.807) is 0 Å². The molecule has 5 heteroatoms. The van der Waals surface area contributed by atoms with Gasteiger partial charge in [-0.25, -0.2) is 0 Å². The predicted octanol–water partition coefficient (Wildman–Crippen LogP) is 2.94. The van der Waals surface area contributed by atoms with Crippen LogP contribution in [0.25, 0.3) is 0 Å². The van der Waals surface area contributed by atoms with Gasteiger partial charge in [-0.1, -0.05) is 23.8 Å². The van der Waals surface area contributed by atoms with Gasteiger partial charge in [0.15, 0.2) is 0 Å². The zero-order valence-corrected chi connectivity index (χ0v) is 14.9. The molecule has 1 fully saturated rings. The van der Waals surface area contributed by atoms with E-state index in [2.05, 4.69) is 27.7 Å². The highest BCUT2D eigenvalue weighted by Gasteiger charge is 2.15. The van der Waals surface area contributed by atoms with Gasteiger partial charge in [-0.15, -0.1) is 0 Å². The van der Waals surface area contributed by atoms with Crippen molar-refractivity contribution in [3.63, 3.8) is 0 Å². The Kier molecular flexibility index (Phi) is 6.89. The average Bonchev–Trinajstić information content (AvgIpc) is 2.67. The van der Waals surface area contributed by atoms with Crippen LogP contribution in [0, 0.1) is 0 Å². The molecule has 1 saturated heterocycles. The maximum absolute atomic E-state index is 12.3. The number of rotatable bonds is 7. The van der Waals surface area contributed by atoms with E-state index in [4.69, 9.17) is 4.74 Å². The number of allylic oxidation sites excluding steroid dienone is 1. The second kappa shape index (κ2) is 9.59. The van der Waals surface area contributed by atoms with Gasteiger partial charge in [0.1, 0.15) is 0 Å². The summed E-state index contributed by atoms with van der Waals surface area (Å²) in [6, 6.07) is 8.00. The minimum atomic E-state index is 0.0123. The first-order chi connectivity index (χ1) is 12.3. The minimum Gasteiger partial charge on any atom is -0.378 e. The molecular weight excluding hydrogens is 314 g/mol. The molecule has 136 valence electrons. The fraction of sp³-hybridized carbons (Fsp3) is 0.550. The molecule has 0 radical (unpaired) electrons. The van der Waals surface area contributed by atoms with E-state index in [0.29, 0.717) is 6.54 Å². The molecule has 0 saturated carbocycles. The van der Waals surface area contributed by atoms with Gasteiger partial charge in [0, 0.05) is 13.1 Å². The summed E-state index contributed by atoms with van der Waals surface area (Å²) in [5.74, 6) is 0.0123. The van der Waals surface area contributed by atoms with Crippen LogP contribution in [0.15, 0.2) is 35.9 Å². The molecule has 25 heavy (non-hydrogen) atoms. The third kappa shape index (κ3) is 5.58. The summed E-state index contributed by atoms with van der Waals surface area (Å²) in [5.41, 5.74) is 3.49. The molecule has 1 aliphatic carbocycles. The lowest BCUT2D eigenvalue weighted by atomic mass is 9.97. The molecule has 2 N–H and O–H groups in total. The van der Waals surface area contributed by atoms with Crippen LogP contribution in [-0.4, -0.2) is 45.3 Å². The highest BCUT2D eigenvalue weighted by Crippen LogP contribution is 2.26. The fourth-order valence-electron chi connectivity index (χ4n) is 3.44.